The number of aromatic nitrogens is 2. The zero-order chi connectivity index (χ0) is 19.4. The van der Waals surface area contributed by atoms with E-state index in [2.05, 4.69) is 12.0 Å². The van der Waals surface area contributed by atoms with Crippen LogP contribution in [0.2, 0.25) is 0 Å². The van der Waals surface area contributed by atoms with Gasteiger partial charge in [-0.1, -0.05) is 13.8 Å². The van der Waals surface area contributed by atoms with E-state index in [1.54, 1.807) is 6.33 Å². The first-order valence-corrected chi connectivity index (χ1v) is 9.50. The molecule has 0 saturated carbocycles. The SMILES string of the molecule is CCCOC(=O)CC[N+](C)(CCC(=O)OCCC)CCc1cn(C)cn1. The van der Waals surface area contributed by atoms with Crippen LogP contribution < -0.4 is 0 Å². The van der Waals surface area contributed by atoms with Crippen molar-refractivity contribution in [3.63, 3.8) is 0 Å². The first kappa shape index (κ1) is 22.2. The molecule has 0 aliphatic rings. The summed E-state index contributed by atoms with van der Waals surface area (Å²) in [6.07, 6.45) is 6.91. The van der Waals surface area contributed by atoms with Crippen molar-refractivity contribution in [2.75, 3.05) is 39.9 Å². The molecular weight excluding hydrogens is 334 g/mol. The molecule has 0 N–H and O–H groups in total. The van der Waals surface area contributed by atoms with Crippen LogP contribution in [0.5, 0.6) is 0 Å². The fourth-order valence-corrected chi connectivity index (χ4v) is 2.61. The van der Waals surface area contributed by atoms with Crippen molar-refractivity contribution in [1.29, 1.82) is 0 Å². The number of carbonyl (C=O) groups is 2. The maximum absolute atomic E-state index is 11.9. The van der Waals surface area contributed by atoms with Gasteiger partial charge in [-0.15, -0.1) is 0 Å². The number of quaternary nitrogens is 1. The molecule has 0 aliphatic heterocycles. The number of ether oxygens (including phenoxy) is 2. The van der Waals surface area contributed by atoms with E-state index in [1.165, 1.54) is 0 Å². The molecule has 1 heterocycles. The Morgan fingerprint density at radius 3 is 2.00 bits per heavy atom. The lowest BCUT2D eigenvalue weighted by Gasteiger charge is -2.34. The highest BCUT2D eigenvalue weighted by molar-refractivity contribution is 5.70. The summed E-state index contributed by atoms with van der Waals surface area (Å²) in [6, 6.07) is 0. The Kier molecular flexibility index (Phi) is 9.95. The minimum Gasteiger partial charge on any atom is -0.466 e. The van der Waals surface area contributed by atoms with Gasteiger partial charge in [0.15, 0.2) is 0 Å². The molecule has 1 aromatic heterocycles. The highest BCUT2D eigenvalue weighted by atomic mass is 16.5. The average molecular weight is 368 g/mol. The number of esters is 2. The molecule has 0 amide bonds. The third-order valence-corrected chi connectivity index (χ3v) is 4.31. The molecule has 0 spiro atoms. The van der Waals surface area contributed by atoms with Crippen molar-refractivity contribution in [2.24, 2.45) is 7.05 Å². The van der Waals surface area contributed by atoms with Crippen LogP contribution in [-0.4, -0.2) is 65.9 Å². The number of rotatable bonds is 13. The molecule has 0 radical (unpaired) electrons. The Balaban J connectivity index is 2.59. The first-order chi connectivity index (χ1) is 12.4. The summed E-state index contributed by atoms with van der Waals surface area (Å²) >= 11 is 0. The Labute approximate surface area is 156 Å². The molecule has 148 valence electrons. The third kappa shape index (κ3) is 8.99. The van der Waals surface area contributed by atoms with E-state index in [1.807, 2.05) is 31.7 Å². The van der Waals surface area contributed by atoms with E-state index in [0.29, 0.717) is 43.6 Å². The van der Waals surface area contributed by atoms with Gasteiger partial charge in [0, 0.05) is 19.7 Å². The molecular formula is C19H34N3O4+. The summed E-state index contributed by atoms with van der Waals surface area (Å²) in [5, 5.41) is 0. The molecule has 0 atom stereocenters. The van der Waals surface area contributed by atoms with E-state index in [4.69, 9.17) is 9.47 Å². The Morgan fingerprint density at radius 1 is 1.04 bits per heavy atom. The van der Waals surface area contributed by atoms with Crippen LogP contribution in [0.25, 0.3) is 0 Å². The molecule has 0 fully saturated rings. The van der Waals surface area contributed by atoms with E-state index in [-0.39, 0.29) is 11.9 Å². The van der Waals surface area contributed by atoms with E-state index < -0.39 is 0 Å². The van der Waals surface area contributed by atoms with Crippen LogP contribution >= 0.6 is 0 Å². The Hall–Kier alpha value is -1.89. The number of hydrogen-bond acceptors (Lipinski definition) is 5. The molecule has 0 saturated heterocycles. The van der Waals surface area contributed by atoms with Gasteiger partial charge in [-0.3, -0.25) is 9.59 Å². The lowest BCUT2D eigenvalue weighted by molar-refractivity contribution is -0.908. The fraction of sp³-hybridized carbons (Fsp3) is 0.737. The van der Waals surface area contributed by atoms with Gasteiger partial charge in [0.05, 0.1) is 64.8 Å². The Morgan fingerprint density at radius 2 is 1.58 bits per heavy atom. The van der Waals surface area contributed by atoms with Gasteiger partial charge < -0.3 is 18.5 Å². The largest absolute Gasteiger partial charge is 0.466 e. The third-order valence-electron chi connectivity index (χ3n) is 4.31. The summed E-state index contributed by atoms with van der Waals surface area (Å²) in [7, 11) is 4.02. The smallest absolute Gasteiger partial charge is 0.311 e. The first-order valence-electron chi connectivity index (χ1n) is 9.50. The lowest BCUT2D eigenvalue weighted by Crippen LogP contribution is -2.48. The van der Waals surface area contributed by atoms with Crippen LogP contribution in [0.15, 0.2) is 12.5 Å². The van der Waals surface area contributed by atoms with Crippen molar-refractivity contribution < 1.29 is 23.5 Å². The maximum Gasteiger partial charge on any atom is 0.311 e. The van der Waals surface area contributed by atoms with Crippen LogP contribution in [0.3, 0.4) is 0 Å². The second-order valence-corrected chi connectivity index (χ2v) is 7.01. The normalized spacial score (nSPS) is 11.4. The minimum atomic E-state index is -0.178. The molecule has 0 unspecified atom stereocenters. The number of likely N-dealkylation sites (N-methyl/N-ethyl adjacent to an activating group) is 1. The second kappa shape index (κ2) is 11.7. The van der Waals surface area contributed by atoms with E-state index >= 15 is 0 Å². The molecule has 26 heavy (non-hydrogen) atoms. The summed E-state index contributed by atoms with van der Waals surface area (Å²) in [5.41, 5.74) is 1.01. The van der Waals surface area contributed by atoms with Gasteiger partial charge in [-0.05, 0) is 12.8 Å². The average Bonchev–Trinajstić information content (AvgIpc) is 3.05. The van der Waals surface area contributed by atoms with Crippen LogP contribution in [0, 0.1) is 0 Å². The maximum atomic E-state index is 11.9. The standard InChI is InChI=1S/C19H34N3O4/c1-5-13-25-18(23)8-11-22(4,12-9-19(24)26-14-6-2)10-7-17-15-21(3)16-20-17/h15-16H,5-14H2,1-4H3/q+1. The molecule has 0 aliphatic carbocycles. The Bertz CT molecular complexity index is 533. The van der Waals surface area contributed by atoms with Crippen LogP contribution in [0.4, 0.5) is 0 Å². The predicted octanol–water partition coefficient (Wildman–Crippen LogP) is 2.10. The molecule has 0 bridgehead atoms. The highest BCUT2D eigenvalue weighted by Crippen LogP contribution is 2.11. The zero-order valence-corrected chi connectivity index (χ0v) is 16.7. The predicted molar refractivity (Wildman–Crippen MR) is 99.4 cm³/mol. The van der Waals surface area contributed by atoms with Crippen LogP contribution in [-0.2, 0) is 32.5 Å². The lowest BCUT2D eigenvalue weighted by atomic mass is 10.2. The van der Waals surface area contributed by atoms with Crippen molar-refractivity contribution in [3.05, 3.63) is 18.2 Å². The monoisotopic (exact) mass is 368 g/mol. The topological polar surface area (TPSA) is 70.4 Å². The zero-order valence-electron chi connectivity index (χ0n) is 16.7. The quantitative estimate of drug-likeness (QED) is 0.394. The van der Waals surface area contributed by atoms with E-state index in [0.717, 1.165) is 31.5 Å². The molecule has 7 heteroatoms. The summed E-state index contributed by atoms with van der Waals surface area (Å²) in [5.74, 6) is -0.356. The summed E-state index contributed by atoms with van der Waals surface area (Å²) < 4.78 is 12.9. The fourth-order valence-electron chi connectivity index (χ4n) is 2.61. The molecule has 0 aromatic carbocycles. The van der Waals surface area contributed by atoms with Crippen LogP contribution in [0.1, 0.15) is 45.2 Å². The summed E-state index contributed by atoms with van der Waals surface area (Å²) in [6.45, 7) is 6.94. The molecule has 1 rings (SSSR count). The molecule has 1 aromatic rings. The number of imidazole rings is 1. The summed E-state index contributed by atoms with van der Waals surface area (Å²) in [4.78, 5) is 28.1. The van der Waals surface area contributed by atoms with Crippen molar-refractivity contribution >= 4 is 11.9 Å². The van der Waals surface area contributed by atoms with Gasteiger partial charge >= 0.3 is 11.9 Å². The minimum absolute atomic E-state index is 0.178. The van der Waals surface area contributed by atoms with Crippen molar-refractivity contribution in [1.82, 2.24) is 9.55 Å². The van der Waals surface area contributed by atoms with Gasteiger partial charge in [0.2, 0.25) is 0 Å². The number of hydrogen-bond donors (Lipinski definition) is 0. The van der Waals surface area contributed by atoms with Crippen molar-refractivity contribution in [2.45, 2.75) is 46.0 Å². The molecule has 7 nitrogen and oxygen atoms in total. The number of nitrogens with zero attached hydrogens (tertiary/aromatic N) is 3. The van der Waals surface area contributed by atoms with Gasteiger partial charge in [-0.2, -0.15) is 0 Å². The highest BCUT2D eigenvalue weighted by Gasteiger charge is 2.25. The van der Waals surface area contributed by atoms with E-state index in [9.17, 15) is 9.59 Å². The second-order valence-electron chi connectivity index (χ2n) is 7.01. The van der Waals surface area contributed by atoms with Crippen molar-refractivity contribution in [3.8, 4) is 0 Å². The van der Waals surface area contributed by atoms with Gasteiger partial charge in [0.25, 0.3) is 0 Å². The van der Waals surface area contributed by atoms with Gasteiger partial charge in [-0.25, -0.2) is 4.98 Å². The van der Waals surface area contributed by atoms with Gasteiger partial charge in [0.1, 0.15) is 0 Å². The number of aryl methyl sites for hydroxylation is 1. The number of carbonyl (C=O) groups excluding carboxylic acids is 2.